The molecule has 1 amide bonds. The van der Waals surface area contributed by atoms with Gasteiger partial charge in [-0.3, -0.25) is 9.69 Å². The molecular formula is C32H40N6O3. The molecule has 0 unspecified atom stereocenters. The lowest BCUT2D eigenvalue weighted by Gasteiger charge is -2.43. The molecule has 0 radical (unpaired) electrons. The fourth-order valence-electron chi connectivity index (χ4n) is 6.79. The third-order valence-electron chi connectivity index (χ3n) is 9.72. The molecule has 1 atom stereocenters. The number of rotatable bonds is 7. The van der Waals surface area contributed by atoms with Crippen LogP contribution in [0, 0.1) is 23.2 Å². The zero-order chi connectivity index (χ0) is 28.6. The van der Waals surface area contributed by atoms with Crippen LogP contribution in [0.25, 0.3) is 16.6 Å². The number of methoxy groups -OCH3 is 1. The number of aliphatic hydroxyl groups is 1. The number of nitrogens with zero attached hydrogens (tertiary/aromatic N) is 6. The summed E-state index contributed by atoms with van der Waals surface area (Å²) in [6.07, 6.45) is 7.14. The van der Waals surface area contributed by atoms with Crippen LogP contribution in [-0.2, 0) is 15.1 Å². The van der Waals surface area contributed by atoms with Crippen LogP contribution in [0.5, 0.6) is 0 Å². The first-order chi connectivity index (χ1) is 19.9. The molecule has 6 rings (SSSR count). The maximum Gasteiger partial charge on any atom is 0.225 e. The summed E-state index contributed by atoms with van der Waals surface area (Å²) in [5, 5.41) is 23.2. The summed E-state index contributed by atoms with van der Waals surface area (Å²) in [5.74, 6) is 0.292. The van der Waals surface area contributed by atoms with Crippen molar-refractivity contribution in [2.45, 2.75) is 44.2 Å². The average molecular weight is 557 g/mol. The number of hydrogen-bond donors (Lipinski definition) is 1. The largest absolute Gasteiger partial charge is 0.395 e. The minimum atomic E-state index is -0.302. The molecule has 0 bridgehead atoms. The van der Waals surface area contributed by atoms with Crippen LogP contribution in [0.15, 0.2) is 48.8 Å². The second-order valence-corrected chi connectivity index (χ2v) is 11.9. The second-order valence-electron chi connectivity index (χ2n) is 11.9. The highest BCUT2D eigenvalue weighted by molar-refractivity contribution is 5.82. The molecule has 9 nitrogen and oxygen atoms in total. The smallest absolute Gasteiger partial charge is 0.225 e. The van der Waals surface area contributed by atoms with Gasteiger partial charge in [-0.1, -0.05) is 24.3 Å². The van der Waals surface area contributed by atoms with Gasteiger partial charge < -0.3 is 19.6 Å². The molecule has 41 heavy (non-hydrogen) atoms. The number of piperazine rings is 1. The highest BCUT2D eigenvalue weighted by Gasteiger charge is 2.38. The molecule has 2 saturated heterocycles. The Morgan fingerprint density at radius 3 is 2.44 bits per heavy atom. The summed E-state index contributed by atoms with van der Waals surface area (Å²) < 4.78 is 8.06. The van der Waals surface area contributed by atoms with E-state index < -0.39 is 0 Å². The Labute approximate surface area is 241 Å². The van der Waals surface area contributed by atoms with Crippen molar-refractivity contribution in [3.05, 3.63) is 54.4 Å². The van der Waals surface area contributed by atoms with Gasteiger partial charge >= 0.3 is 0 Å². The highest BCUT2D eigenvalue weighted by Crippen LogP contribution is 2.38. The highest BCUT2D eigenvalue weighted by atomic mass is 16.5. The number of nitriles is 1. The predicted octanol–water partition coefficient (Wildman–Crippen LogP) is 3.52. The molecule has 1 aromatic carbocycles. The lowest BCUT2D eigenvalue weighted by molar-refractivity contribution is -0.139. The maximum atomic E-state index is 12.8. The van der Waals surface area contributed by atoms with Crippen LogP contribution in [-0.4, -0.2) is 89.5 Å². The van der Waals surface area contributed by atoms with Gasteiger partial charge in [0, 0.05) is 82.2 Å². The van der Waals surface area contributed by atoms with Gasteiger partial charge in [0.2, 0.25) is 5.91 Å². The summed E-state index contributed by atoms with van der Waals surface area (Å²) in [7, 11) is 1.81. The number of hydrogen-bond acceptors (Lipinski definition) is 7. The number of ether oxygens (including phenoxy) is 1. The van der Waals surface area contributed by atoms with E-state index in [2.05, 4.69) is 70.5 Å². The predicted molar refractivity (Wildman–Crippen MR) is 157 cm³/mol. The Morgan fingerprint density at radius 1 is 1.10 bits per heavy atom. The molecule has 0 spiro atoms. The Hall–Kier alpha value is -3.45. The monoisotopic (exact) mass is 556 g/mol. The van der Waals surface area contributed by atoms with Crippen molar-refractivity contribution >= 4 is 17.1 Å². The number of aliphatic hydroxyl groups excluding tert-OH is 1. The van der Waals surface area contributed by atoms with Crippen molar-refractivity contribution in [2.75, 3.05) is 57.9 Å². The SMILES string of the molecule is COC1(c2ccc(-c3cc4c(N5CCN(C(=O)[C@H]6C[C@H](C#N)C6)CC5)ccnn4c3)cc2)CCN([C@@H](C)CO)CC1. The molecule has 1 aliphatic carbocycles. The lowest BCUT2D eigenvalue weighted by Crippen LogP contribution is -2.52. The first kappa shape index (κ1) is 27.7. The minimum absolute atomic E-state index is 0.0277. The van der Waals surface area contributed by atoms with E-state index in [1.807, 2.05) is 15.6 Å². The van der Waals surface area contributed by atoms with Crippen molar-refractivity contribution < 1.29 is 14.6 Å². The number of benzene rings is 1. The molecule has 4 heterocycles. The van der Waals surface area contributed by atoms with Gasteiger partial charge in [-0.25, -0.2) is 4.52 Å². The Balaban J connectivity index is 1.14. The number of carbonyl (C=O) groups excluding carboxylic acids is 1. The fraction of sp³-hybridized carbons (Fsp3) is 0.531. The van der Waals surface area contributed by atoms with Crippen LogP contribution in [0.4, 0.5) is 5.69 Å². The average Bonchev–Trinajstić information content (AvgIpc) is 3.45. The fourth-order valence-corrected chi connectivity index (χ4v) is 6.79. The van der Waals surface area contributed by atoms with Crippen LogP contribution in [0.1, 0.15) is 38.2 Å². The standard InChI is InChI=1S/C32H40N6O3/c1-23(22-39)35-11-8-32(41-2,9-12-35)28-5-3-25(4-6-28)27-19-30-29(7-10-34-38(30)21-27)36-13-15-37(16-14-36)31(40)26-17-24(18-26)20-33/h3-7,10,19,21,23-24,26,39H,8-9,11-18,22H2,1-2H3/t23-,24-,26-/m0/s1. The quantitative estimate of drug-likeness (QED) is 0.476. The molecule has 2 aromatic heterocycles. The van der Waals surface area contributed by atoms with E-state index >= 15 is 0 Å². The van der Waals surface area contributed by atoms with Crippen molar-refractivity contribution in [1.82, 2.24) is 19.4 Å². The lowest BCUT2D eigenvalue weighted by atomic mass is 9.75. The first-order valence-corrected chi connectivity index (χ1v) is 14.9. The molecular weight excluding hydrogens is 516 g/mol. The van der Waals surface area contributed by atoms with Gasteiger partial charge in [0.25, 0.3) is 0 Å². The zero-order valence-electron chi connectivity index (χ0n) is 24.1. The van der Waals surface area contributed by atoms with Gasteiger partial charge in [0.1, 0.15) is 0 Å². The summed E-state index contributed by atoms with van der Waals surface area (Å²) in [6, 6.07) is 15.4. The van der Waals surface area contributed by atoms with E-state index in [0.29, 0.717) is 25.9 Å². The molecule has 3 aromatic rings. The van der Waals surface area contributed by atoms with E-state index in [-0.39, 0.29) is 36.0 Å². The molecule has 216 valence electrons. The number of likely N-dealkylation sites (tertiary alicyclic amines) is 1. The van der Waals surface area contributed by atoms with E-state index in [1.54, 1.807) is 7.11 Å². The second kappa shape index (κ2) is 11.4. The zero-order valence-corrected chi connectivity index (χ0v) is 24.1. The topological polar surface area (TPSA) is 97.3 Å². The maximum absolute atomic E-state index is 12.8. The molecule has 1 saturated carbocycles. The van der Waals surface area contributed by atoms with E-state index in [1.165, 1.54) is 5.56 Å². The number of anilines is 1. The number of aromatic nitrogens is 2. The first-order valence-electron chi connectivity index (χ1n) is 14.9. The van der Waals surface area contributed by atoms with Crippen molar-refractivity contribution in [1.29, 1.82) is 5.26 Å². The van der Waals surface area contributed by atoms with Crippen LogP contribution >= 0.6 is 0 Å². The molecule has 3 aliphatic rings. The third-order valence-corrected chi connectivity index (χ3v) is 9.72. The number of piperidine rings is 1. The molecule has 3 fully saturated rings. The Morgan fingerprint density at radius 2 is 1.80 bits per heavy atom. The summed E-state index contributed by atoms with van der Waals surface area (Å²) in [5.41, 5.74) is 5.32. The van der Waals surface area contributed by atoms with Gasteiger partial charge in [-0.15, -0.1) is 0 Å². The summed E-state index contributed by atoms with van der Waals surface area (Å²) in [6.45, 7) is 7.02. The third kappa shape index (κ3) is 5.21. The van der Waals surface area contributed by atoms with Crippen LogP contribution < -0.4 is 4.90 Å². The van der Waals surface area contributed by atoms with Crippen LogP contribution in [0.3, 0.4) is 0 Å². The number of fused-ring (bicyclic) bond motifs is 1. The Kier molecular flexibility index (Phi) is 7.73. The van der Waals surface area contributed by atoms with E-state index in [9.17, 15) is 9.90 Å². The molecule has 9 heteroatoms. The van der Waals surface area contributed by atoms with Crippen molar-refractivity contribution in [3.63, 3.8) is 0 Å². The molecule has 2 aliphatic heterocycles. The van der Waals surface area contributed by atoms with E-state index in [4.69, 9.17) is 10.00 Å². The van der Waals surface area contributed by atoms with Crippen LogP contribution in [0.2, 0.25) is 0 Å². The Bertz CT molecular complexity index is 1410. The van der Waals surface area contributed by atoms with Gasteiger partial charge in [-0.05, 0) is 55.9 Å². The van der Waals surface area contributed by atoms with Crippen molar-refractivity contribution in [2.24, 2.45) is 11.8 Å². The summed E-state index contributed by atoms with van der Waals surface area (Å²) in [4.78, 5) is 19.5. The van der Waals surface area contributed by atoms with Gasteiger partial charge in [-0.2, -0.15) is 10.4 Å². The van der Waals surface area contributed by atoms with Gasteiger partial charge in [0.15, 0.2) is 0 Å². The van der Waals surface area contributed by atoms with Crippen molar-refractivity contribution in [3.8, 4) is 17.2 Å². The normalized spacial score (nSPS) is 23.7. The number of carbonyl (C=O) groups is 1. The van der Waals surface area contributed by atoms with Gasteiger partial charge in [0.05, 0.1) is 29.5 Å². The summed E-state index contributed by atoms with van der Waals surface area (Å²) >= 11 is 0. The molecule has 1 N–H and O–H groups in total. The number of amides is 1. The van der Waals surface area contributed by atoms with E-state index in [0.717, 1.165) is 61.4 Å². The minimum Gasteiger partial charge on any atom is -0.395 e.